The van der Waals surface area contributed by atoms with Crippen LogP contribution in [0, 0.1) is 5.92 Å². The van der Waals surface area contributed by atoms with Crippen LogP contribution in [-0.2, 0) is 0 Å². The van der Waals surface area contributed by atoms with Crippen LogP contribution < -0.4 is 21.3 Å². The number of nitrogens with one attached hydrogen (secondary N) is 4. The minimum Gasteiger partial charge on any atom is -0.317 e. The van der Waals surface area contributed by atoms with Crippen molar-refractivity contribution in [2.45, 2.75) is 220 Å². The van der Waals surface area contributed by atoms with Crippen LogP contribution in [-0.4, -0.2) is 75.9 Å². The Hall–Kier alpha value is -0.200. The minimum absolute atomic E-state index is 0.234. The third-order valence-corrected chi connectivity index (χ3v) is 11.5. The average Bonchev–Trinajstić information content (AvgIpc) is 3.13. The number of rotatable bonds is 43. The second kappa shape index (κ2) is 40.0. The smallest absolute Gasteiger partial charge is 0.0262 e. The fraction of sp³-hybridized carbons (Fsp3) is 1.00. The molecule has 0 aliphatic heterocycles. The molecule has 0 aromatic carbocycles. The molecular weight excluding hydrogens is 611 g/mol. The van der Waals surface area contributed by atoms with Crippen molar-refractivity contribution in [3.05, 3.63) is 0 Å². The highest BCUT2D eigenvalue weighted by Crippen LogP contribution is 2.38. The van der Waals surface area contributed by atoms with Crippen LogP contribution in [0.4, 0.5) is 0 Å². The number of unbranched alkanes of at least 4 members (excludes halogenated alkanes) is 18. The summed E-state index contributed by atoms with van der Waals surface area (Å²) in [5.41, 5.74) is 0.234. The molecule has 0 saturated heterocycles. The summed E-state index contributed by atoms with van der Waals surface area (Å²) in [4.78, 5) is 3.03. The second-order valence-electron chi connectivity index (χ2n) is 15.8. The van der Waals surface area contributed by atoms with Gasteiger partial charge in [-0.25, -0.2) is 0 Å². The molecule has 0 saturated carbocycles. The maximum atomic E-state index is 3.96. The van der Waals surface area contributed by atoms with Gasteiger partial charge in [-0.05, 0) is 90.1 Å². The molecule has 0 fully saturated rings. The third kappa shape index (κ3) is 28.3. The molecule has 0 aliphatic rings. The van der Waals surface area contributed by atoms with Gasteiger partial charge in [0.05, 0.1) is 0 Å². The Morgan fingerprint density at radius 1 is 0.360 bits per heavy atom. The Balaban J connectivity index is 5.97. The quantitative estimate of drug-likeness (QED) is 0.0475. The third-order valence-electron chi connectivity index (χ3n) is 11.5. The summed E-state index contributed by atoms with van der Waals surface area (Å²) in [5, 5.41) is 15.8. The number of hydrogen-bond donors (Lipinski definition) is 4. The van der Waals surface area contributed by atoms with Gasteiger partial charge in [0.15, 0.2) is 0 Å². The van der Waals surface area contributed by atoms with E-state index in [-0.39, 0.29) is 5.54 Å². The lowest BCUT2D eigenvalue weighted by molar-refractivity contribution is 0.00948. The number of hydrogen-bond acceptors (Lipinski definition) is 5. The van der Waals surface area contributed by atoms with Gasteiger partial charge < -0.3 is 21.3 Å². The van der Waals surface area contributed by atoms with Gasteiger partial charge in [-0.1, -0.05) is 170 Å². The van der Waals surface area contributed by atoms with Gasteiger partial charge in [-0.2, -0.15) is 0 Å². The fourth-order valence-corrected chi connectivity index (χ4v) is 8.11. The van der Waals surface area contributed by atoms with E-state index in [4.69, 9.17) is 0 Å². The molecule has 302 valence electrons. The highest BCUT2D eigenvalue weighted by Gasteiger charge is 2.41. The van der Waals surface area contributed by atoms with Crippen molar-refractivity contribution in [2.75, 3.05) is 65.4 Å². The topological polar surface area (TPSA) is 51.4 Å². The van der Waals surface area contributed by atoms with Gasteiger partial charge in [-0.15, -0.1) is 0 Å². The highest BCUT2D eigenvalue weighted by molar-refractivity contribution is 4.98. The molecule has 4 N–H and O–H groups in total. The van der Waals surface area contributed by atoms with Crippen molar-refractivity contribution >= 4 is 0 Å². The summed E-state index contributed by atoms with van der Waals surface area (Å²) in [6.45, 7) is 25.7. The van der Waals surface area contributed by atoms with Gasteiger partial charge >= 0.3 is 0 Å². The first-order chi connectivity index (χ1) is 24.7. The molecule has 50 heavy (non-hydrogen) atoms. The molecule has 0 amide bonds. The molecule has 2 atom stereocenters. The first kappa shape index (κ1) is 49.8. The second-order valence-corrected chi connectivity index (χ2v) is 15.8. The molecule has 0 heterocycles. The Bertz CT molecular complexity index is 631. The van der Waals surface area contributed by atoms with Gasteiger partial charge in [0.25, 0.3) is 0 Å². The van der Waals surface area contributed by atoms with Gasteiger partial charge in [0, 0.05) is 31.7 Å². The predicted molar refractivity (Wildman–Crippen MR) is 228 cm³/mol. The molecule has 0 aromatic heterocycles. The van der Waals surface area contributed by atoms with E-state index in [9.17, 15) is 0 Å². The lowest BCUT2D eigenvalue weighted by Gasteiger charge is -2.50. The lowest BCUT2D eigenvalue weighted by atomic mass is 9.72. The zero-order valence-corrected chi connectivity index (χ0v) is 35.7. The summed E-state index contributed by atoms with van der Waals surface area (Å²) in [6.07, 6.45) is 36.6. The molecule has 0 aromatic rings. The normalized spacial score (nSPS) is 13.7. The van der Waals surface area contributed by atoms with E-state index in [1.165, 1.54) is 213 Å². The molecular formula is C45H97N5. The zero-order chi connectivity index (χ0) is 36.6. The molecule has 5 nitrogen and oxygen atoms in total. The van der Waals surface area contributed by atoms with E-state index in [0.29, 0.717) is 0 Å². The monoisotopic (exact) mass is 708 g/mol. The van der Waals surface area contributed by atoms with E-state index in [1.54, 1.807) is 0 Å². The maximum absolute atomic E-state index is 3.96. The van der Waals surface area contributed by atoms with Crippen molar-refractivity contribution in [2.24, 2.45) is 5.92 Å². The zero-order valence-electron chi connectivity index (χ0n) is 35.7. The summed E-state index contributed by atoms with van der Waals surface area (Å²) >= 11 is 0. The molecule has 2 unspecified atom stereocenters. The summed E-state index contributed by atoms with van der Waals surface area (Å²) in [7, 11) is 0. The standard InChI is InChI=1S/C45H97N5/c1-7-13-18-22-25-30-37-49-41-43-50(42-40-48-36-29-24-20-15-9-3)45(32-38-46-34-27-17-11-5,33-39-47-35-28-21-16-10-4)44(12-6)31-26-23-19-14-8-2/h44,46-49H,7-43H2,1-6H3. The van der Waals surface area contributed by atoms with Crippen LogP contribution in [0.1, 0.15) is 215 Å². The van der Waals surface area contributed by atoms with Crippen LogP contribution in [0.3, 0.4) is 0 Å². The summed E-state index contributed by atoms with van der Waals surface area (Å²) in [5.74, 6) is 0.746. The average molecular weight is 708 g/mol. The minimum atomic E-state index is 0.234. The van der Waals surface area contributed by atoms with E-state index >= 15 is 0 Å². The van der Waals surface area contributed by atoms with E-state index in [0.717, 1.165) is 32.1 Å². The number of nitrogens with zero attached hydrogens (tertiary/aromatic N) is 1. The summed E-state index contributed by atoms with van der Waals surface area (Å²) < 4.78 is 0. The summed E-state index contributed by atoms with van der Waals surface area (Å²) in [6, 6.07) is 0. The fourth-order valence-electron chi connectivity index (χ4n) is 8.11. The SMILES string of the molecule is CCCCCCCCNCCN(CCNCCCCCCC)C(CCNCCCCC)(CCNCCCCCC)C(CC)CCCCCCC. The van der Waals surface area contributed by atoms with Crippen molar-refractivity contribution in [1.29, 1.82) is 0 Å². The highest BCUT2D eigenvalue weighted by atomic mass is 15.2. The van der Waals surface area contributed by atoms with Crippen LogP contribution in [0.2, 0.25) is 0 Å². The van der Waals surface area contributed by atoms with E-state index in [1.807, 2.05) is 0 Å². The van der Waals surface area contributed by atoms with Crippen LogP contribution in [0.5, 0.6) is 0 Å². The Labute approximate surface area is 317 Å². The van der Waals surface area contributed by atoms with E-state index < -0.39 is 0 Å². The molecule has 0 bridgehead atoms. The van der Waals surface area contributed by atoms with Crippen molar-refractivity contribution in [3.8, 4) is 0 Å². The van der Waals surface area contributed by atoms with Crippen LogP contribution in [0.25, 0.3) is 0 Å². The molecule has 0 aliphatic carbocycles. The molecule has 0 spiro atoms. The molecule has 0 rings (SSSR count). The van der Waals surface area contributed by atoms with Gasteiger partial charge in [0.2, 0.25) is 0 Å². The first-order valence-corrected chi connectivity index (χ1v) is 23.2. The predicted octanol–water partition coefficient (Wildman–Crippen LogP) is 11.7. The van der Waals surface area contributed by atoms with Crippen molar-refractivity contribution in [3.63, 3.8) is 0 Å². The Morgan fingerprint density at radius 2 is 0.680 bits per heavy atom. The van der Waals surface area contributed by atoms with Crippen LogP contribution in [0.15, 0.2) is 0 Å². The molecule has 0 radical (unpaired) electrons. The Morgan fingerprint density at radius 3 is 1.10 bits per heavy atom. The van der Waals surface area contributed by atoms with Crippen molar-refractivity contribution < 1.29 is 0 Å². The van der Waals surface area contributed by atoms with Crippen molar-refractivity contribution in [1.82, 2.24) is 26.2 Å². The first-order valence-electron chi connectivity index (χ1n) is 23.2. The van der Waals surface area contributed by atoms with Crippen LogP contribution >= 0.6 is 0 Å². The maximum Gasteiger partial charge on any atom is 0.0262 e. The van der Waals surface area contributed by atoms with E-state index in [2.05, 4.69) is 67.7 Å². The van der Waals surface area contributed by atoms with Gasteiger partial charge in [0.1, 0.15) is 0 Å². The van der Waals surface area contributed by atoms with Gasteiger partial charge in [-0.3, -0.25) is 4.90 Å². The molecule has 5 heteroatoms. The Kier molecular flexibility index (Phi) is 39.8. The lowest BCUT2D eigenvalue weighted by Crippen LogP contribution is -2.59. The largest absolute Gasteiger partial charge is 0.317 e.